The van der Waals surface area contributed by atoms with Crippen LogP contribution in [0.1, 0.15) is 24.8 Å². The summed E-state index contributed by atoms with van der Waals surface area (Å²) in [4.78, 5) is 22.4. The molecule has 0 heterocycles. The number of rotatable bonds is 8. The van der Waals surface area contributed by atoms with Crippen molar-refractivity contribution in [2.45, 2.75) is 31.9 Å². The van der Waals surface area contributed by atoms with Crippen LogP contribution in [0.4, 0.5) is 0 Å². The second-order valence-corrected chi connectivity index (χ2v) is 4.27. The Kier molecular flexibility index (Phi) is 6.78. The predicted molar refractivity (Wildman–Crippen MR) is 70.2 cm³/mol. The second-order valence-electron chi connectivity index (χ2n) is 4.27. The number of carbonyl (C=O) groups excluding carboxylic acids is 2. The number of aliphatic hydroxyl groups is 1. The predicted octanol–water partition coefficient (Wildman–Crippen LogP) is 0.789. The molecule has 1 aromatic rings. The smallest absolute Gasteiger partial charge is 0.306 e. The highest BCUT2D eigenvalue weighted by atomic mass is 16.5. The Balaban J connectivity index is 2.16. The summed E-state index contributed by atoms with van der Waals surface area (Å²) in [5, 5.41) is 8.60. The van der Waals surface area contributed by atoms with Crippen molar-refractivity contribution in [2.24, 2.45) is 5.73 Å². The average Bonchev–Trinajstić information content (AvgIpc) is 2.45. The van der Waals surface area contributed by atoms with Crippen molar-refractivity contribution in [3.05, 3.63) is 35.9 Å². The maximum atomic E-state index is 11.4. The number of esters is 1. The third-order valence-corrected chi connectivity index (χ3v) is 2.71. The molecule has 0 fully saturated rings. The standard InChI is InChI=1S/C14H19NO4/c15-12(13(17)9-16)7-4-8-14(18)19-10-11-5-2-1-3-6-11/h1-3,5-6,12,16H,4,7-10,15H2/t12-/m0/s1. The van der Waals surface area contributed by atoms with Gasteiger partial charge in [-0.15, -0.1) is 0 Å². The molecular formula is C14H19NO4. The van der Waals surface area contributed by atoms with E-state index in [4.69, 9.17) is 15.6 Å². The number of hydrogen-bond donors (Lipinski definition) is 2. The Morgan fingerprint density at radius 1 is 1.26 bits per heavy atom. The Bertz CT molecular complexity index is 405. The van der Waals surface area contributed by atoms with Crippen molar-refractivity contribution in [3.8, 4) is 0 Å². The van der Waals surface area contributed by atoms with Crippen LogP contribution in [0.5, 0.6) is 0 Å². The summed E-state index contributed by atoms with van der Waals surface area (Å²) in [5.41, 5.74) is 6.45. The Labute approximate surface area is 112 Å². The highest BCUT2D eigenvalue weighted by Crippen LogP contribution is 2.05. The van der Waals surface area contributed by atoms with Crippen molar-refractivity contribution < 1.29 is 19.4 Å². The Morgan fingerprint density at radius 3 is 2.58 bits per heavy atom. The maximum absolute atomic E-state index is 11.4. The fourth-order valence-corrected chi connectivity index (χ4v) is 1.55. The molecule has 0 spiro atoms. The third-order valence-electron chi connectivity index (χ3n) is 2.71. The molecular weight excluding hydrogens is 246 g/mol. The molecule has 0 radical (unpaired) electrons. The van der Waals surface area contributed by atoms with Gasteiger partial charge >= 0.3 is 5.97 Å². The summed E-state index contributed by atoms with van der Waals surface area (Å²) in [7, 11) is 0. The number of benzene rings is 1. The number of ketones is 1. The van der Waals surface area contributed by atoms with E-state index in [1.54, 1.807) is 0 Å². The molecule has 0 saturated carbocycles. The van der Waals surface area contributed by atoms with Crippen molar-refractivity contribution in [1.29, 1.82) is 0 Å². The van der Waals surface area contributed by atoms with E-state index in [2.05, 4.69) is 0 Å². The van der Waals surface area contributed by atoms with Crippen molar-refractivity contribution >= 4 is 11.8 Å². The average molecular weight is 265 g/mol. The molecule has 0 aromatic heterocycles. The minimum absolute atomic E-state index is 0.221. The quantitative estimate of drug-likeness (QED) is 0.678. The molecule has 1 atom stereocenters. The number of Topliss-reactive ketones (excluding diaryl/α,β-unsaturated/α-hetero) is 1. The zero-order valence-electron chi connectivity index (χ0n) is 10.7. The van der Waals surface area contributed by atoms with E-state index in [0.717, 1.165) is 5.56 Å². The summed E-state index contributed by atoms with van der Waals surface area (Å²) >= 11 is 0. The first-order chi connectivity index (χ1) is 9.13. The van der Waals surface area contributed by atoms with Crippen LogP contribution in [0.2, 0.25) is 0 Å². The number of carbonyl (C=O) groups is 2. The fraction of sp³-hybridized carbons (Fsp3) is 0.429. The number of ether oxygens (including phenoxy) is 1. The maximum Gasteiger partial charge on any atom is 0.306 e. The minimum Gasteiger partial charge on any atom is -0.461 e. The summed E-state index contributed by atoms with van der Waals surface area (Å²) in [6.45, 7) is -0.305. The van der Waals surface area contributed by atoms with Gasteiger partial charge in [0.15, 0.2) is 5.78 Å². The molecule has 1 rings (SSSR count). The van der Waals surface area contributed by atoms with Gasteiger partial charge < -0.3 is 15.6 Å². The van der Waals surface area contributed by atoms with Crippen molar-refractivity contribution in [2.75, 3.05) is 6.61 Å². The molecule has 104 valence electrons. The molecule has 1 aromatic carbocycles. The van der Waals surface area contributed by atoms with Gasteiger partial charge in [-0.25, -0.2) is 0 Å². The molecule has 0 unspecified atom stereocenters. The molecule has 3 N–H and O–H groups in total. The van der Waals surface area contributed by atoms with Crippen LogP contribution in [0, 0.1) is 0 Å². The summed E-state index contributed by atoms with van der Waals surface area (Å²) in [6.07, 6.45) is 1.07. The summed E-state index contributed by atoms with van der Waals surface area (Å²) in [6, 6.07) is 8.70. The lowest BCUT2D eigenvalue weighted by Gasteiger charge is -2.08. The molecule has 0 amide bonds. The Hall–Kier alpha value is -1.72. The van der Waals surface area contributed by atoms with E-state index in [0.29, 0.717) is 12.8 Å². The van der Waals surface area contributed by atoms with Gasteiger partial charge in [0, 0.05) is 6.42 Å². The highest BCUT2D eigenvalue weighted by Gasteiger charge is 2.12. The first kappa shape index (κ1) is 15.3. The lowest BCUT2D eigenvalue weighted by atomic mass is 10.1. The zero-order valence-corrected chi connectivity index (χ0v) is 10.7. The van der Waals surface area contributed by atoms with E-state index in [1.807, 2.05) is 30.3 Å². The van der Waals surface area contributed by atoms with Gasteiger partial charge in [0.05, 0.1) is 6.04 Å². The first-order valence-corrected chi connectivity index (χ1v) is 6.22. The molecule has 0 bridgehead atoms. The van der Waals surface area contributed by atoms with E-state index in [9.17, 15) is 9.59 Å². The SMILES string of the molecule is N[C@@H](CCCC(=O)OCc1ccccc1)C(=O)CO. The highest BCUT2D eigenvalue weighted by molar-refractivity contribution is 5.84. The molecule has 0 aliphatic carbocycles. The summed E-state index contributed by atoms with van der Waals surface area (Å²) in [5.74, 6) is -0.717. The topological polar surface area (TPSA) is 89.6 Å². The van der Waals surface area contributed by atoms with Crippen LogP contribution in [-0.4, -0.2) is 29.5 Å². The second kappa shape index (κ2) is 8.39. The van der Waals surface area contributed by atoms with E-state index < -0.39 is 18.4 Å². The molecule has 0 aliphatic rings. The van der Waals surface area contributed by atoms with E-state index in [-0.39, 0.29) is 19.0 Å². The van der Waals surface area contributed by atoms with Gasteiger partial charge in [-0.05, 0) is 18.4 Å². The van der Waals surface area contributed by atoms with Gasteiger partial charge in [0.1, 0.15) is 13.2 Å². The van der Waals surface area contributed by atoms with Crippen LogP contribution >= 0.6 is 0 Å². The van der Waals surface area contributed by atoms with E-state index in [1.165, 1.54) is 0 Å². The number of hydrogen-bond acceptors (Lipinski definition) is 5. The third kappa shape index (κ3) is 6.13. The van der Waals surface area contributed by atoms with E-state index >= 15 is 0 Å². The largest absolute Gasteiger partial charge is 0.461 e. The van der Waals surface area contributed by atoms with Gasteiger partial charge in [-0.1, -0.05) is 30.3 Å². The minimum atomic E-state index is -0.702. The lowest BCUT2D eigenvalue weighted by molar-refractivity contribution is -0.145. The number of nitrogens with two attached hydrogens (primary N) is 1. The van der Waals surface area contributed by atoms with Crippen LogP contribution < -0.4 is 5.73 Å². The summed E-state index contributed by atoms with van der Waals surface area (Å²) < 4.78 is 5.08. The van der Waals surface area contributed by atoms with Crippen LogP contribution in [0.3, 0.4) is 0 Å². The van der Waals surface area contributed by atoms with Gasteiger partial charge in [-0.3, -0.25) is 9.59 Å². The molecule has 0 saturated heterocycles. The van der Waals surface area contributed by atoms with Crippen molar-refractivity contribution in [1.82, 2.24) is 0 Å². The lowest BCUT2D eigenvalue weighted by Crippen LogP contribution is -2.32. The fourth-order valence-electron chi connectivity index (χ4n) is 1.55. The number of aliphatic hydroxyl groups excluding tert-OH is 1. The molecule has 5 heteroatoms. The van der Waals surface area contributed by atoms with Gasteiger partial charge in [-0.2, -0.15) is 0 Å². The Morgan fingerprint density at radius 2 is 1.95 bits per heavy atom. The monoisotopic (exact) mass is 265 g/mol. The van der Waals surface area contributed by atoms with Crippen LogP contribution in [0.25, 0.3) is 0 Å². The van der Waals surface area contributed by atoms with Crippen molar-refractivity contribution in [3.63, 3.8) is 0 Å². The molecule has 0 aliphatic heterocycles. The van der Waals surface area contributed by atoms with Crippen LogP contribution in [0.15, 0.2) is 30.3 Å². The van der Waals surface area contributed by atoms with Crippen LogP contribution in [-0.2, 0) is 20.9 Å². The van der Waals surface area contributed by atoms with Gasteiger partial charge in [0.25, 0.3) is 0 Å². The normalized spacial score (nSPS) is 11.9. The molecule has 5 nitrogen and oxygen atoms in total. The van der Waals surface area contributed by atoms with Gasteiger partial charge in [0.2, 0.25) is 0 Å². The molecule has 19 heavy (non-hydrogen) atoms. The zero-order chi connectivity index (χ0) is 14.1. The first-order valence-electron chi connectivity index (χ1n) is 6.22.